The molecule has 0 bridgehead atoms. The lowest BCUT2D eigenvalue weighted by Gasteiger charge is -2.28. The van der Waals surface area contributed by atoms with Gasteiger partial charge in [-0.25, -0.2) is 17.6 Å². The topological polar surface area (TPSA) is 0 Å². The van der Waals surface area contributed by atoms with Gasteiger partial charge in [0.2, 0.25) is 0 Å². The Morgan fingerprint density at radius 3 is 1.83 bits per heavy atom. The molecule has 1 saturated carbocycles. The van der Waals surface area contributed by atoms with E-state index >= 15 is 0 Å². The van der Waals surface area contributed by atoms with E-state index in [2.05, 4.69) is 0 Å². The van der Waals surface area contributed by atoms with Gasteiger partial charge in [-0.2, -0.15) is 13.2 Å². The number of rotatable bonds is 4. The molecule has 4 rings (SSSR count). The summed E-state index contributed by atoms with van der Waals surface area (Å²) in [6.45, 7) is 1.94. The number of aryl methyl sites for hydroxylation is 1. The summed E-state index contributed by atoms with van der Waals surface area (Å²) in [4.78, 5) is 0. The van der Waals surface area contributed by atoms with Crippen molar-refractivity contribution in [3.8, 4) is 22.3 Å². The van der Waals surface area contributed by atoms with Crippen LogP contribution in [-0.2, 0) is 0 Å². The third-order valence-electron chi connectivity index (χ3n) is 6.57. The van der Waals surface area contributed by atoms with Crippen LogP contribution in [0.2, 0.25) is 0 Å². The second kappa shape index (κ2) is 9.88. The summed E-state index contributed by atoms with van der Waals surface area (Å²) in [6, 6.07) is 14.1. The van der Waals surface area contributed by atoms with Crippen molar-refractivity contribution in [3.63, 3.8) is 0 Å². The third-order valence-corrected chi connectivity index (χ3v) is 6.57. The highest BCUT2D eigenvalue weighted by Gasteiger charge is 2.32. The van der Waals surface area contributed by atoms with Gasteiger partial charge in [0, 0.05) is 17.0 Å². The molecule has 0 unspecified atom stereocenters. The summed E-state index contributed by atoms with van der Waals surface area (Å²) in [5.74, 6) is -5.08. The normalized spacial score (nSPS) is 19.1. The molecular formula is C28H23F7. The number of alkyl halides is 3. The molecule has 1 aliphatic carbocycles. The van der Waals surface area contributed by atoms with Crippen LogP contribution in [0.4, 0.5) is 30.7 Å². The van der Waals surface area contributed by atoms with E-state index in [1.54, 1.807) is 6.07 Å². The van der Waals surface area contributed by atoms with Crippen molar-refractivity contribution < 1.29 is 30.7 Å². The standard InChI is InChI=1S/C28H23F7/c1-16-2-4-17(5-3-16)20-10-11-22(23(29)12-20)21-13-24(30)27(25(31)14-21)19-8-6-18(7-9-19)26(32)15-28(33,34)35/h2-5,10-15,18-19H,6-9H2,1H3/b26-15-. The van der Waals surface area contributed by atoms with Gasteiger partial charge in [-0.05, 0) is 73.4 Å². The molecule has 0 aliphatic heterocycles. The number of hydrogen-bond acceptors (Lipinski definition) is 0. The summed E-state index contributed by atoms with van der Waals surface area (Å²) < 4.78 is 95.9. The number of hydrogen-bond donors (Lipinski definition) is 0. The Balaban J connectivity index is 1.54. The molecule has 184 valence electrons. The van der Waals surface area contributed by atoms with Crippen LogP contribution >= 0.6 is 0 Å². The van der Waals surface area contributed by atoms with Gasteiger partial charge >= 0.3 is 6.18 Å². The molecular weight excluding hydrogens is 469 g/mol. The monoisotopic (exact) mass is 492 g/mol. The molecule has 0 heterocycles. The SMILES string of the molecule is Cc1ccc(-c2ccc(-c3cc(F)c(C4CCC(/C(F)=C/C(F)(F)F)CC4)c(F)c3)c(F)c2)cc1. The van der Waals surface area contributed by atoms with E-state index < -0.39 is 41.3 Å². The molecule has 0 saturated heterocycles. The van der Waals surface area contributed by atoms with E-state index in [9.17, 15) is 30.7 Å². The molecule has 0 atom stereocenters. The molecule has 1 fully saturated rings. The van der Waals surface area contributed by atoms with Crippen molar-refractivity contribution in [3.05, 3.63) is 95.1 Å². The molecule has 1 aliphatic rings. The van der Waals surface area contributed by atoms with Gasteiger partial charge in [-0.1, -0.05) is 42.0 Å². The van der Waals surface area contributed by atoms with E-state index in [0.717, 1.165) is 23.3 Å². The van der Waals surface area contributed by atoms with Crippen LogP contribution in [0, 0.1) is 30.3 Å². The molecule has 3 aromatic carbocycles. The Labute approximate surface area is 199 Å². The van der Waals surface area contributed by atoms with Gasteiger partial charge in [0.15, 0.2) is 0 Å². The molecule has 0 aromatic heterocycles. The van der Waals surface area contributed by atoms with Crippen molar-refractivity contribution >= 4 is 0 Å². The van der Waals surface area contributed by atoms with Gasteiger partial charge in [0.1, 0.15) is 23.3 Å². The van der Waals surface area contributed by atoms with Crippen LogP contribution in [0.25, 0.3) is 22.3 Å². The van der Waals surface area contributed by atoms with Gasteiger partial charge in [0.05, 0.1) is 6.08 Å². The van der Waals surface area contributed by atoms with Crippen LogP contribution in [0.5, 0.6) is 0 Å². The summed E-state index contributed by atoms with van der Waals surface area (Å²) in [5, 5.41) is 0. The van der Waals surface area contributed by atoms with Gasteiger partial charge in [0.25, 0.3) is 0 Å². The van der Waals surface area contributed by atoms with Crippen molar-refractivity contribution in [2.75, 3.05) is 0 Å². The highest BCUT2D eigenvalue weighted by Crippen LogP contribution is 2.42. The van der Waals surface area contributed by atoms with Crippen molar-refractivity contribution in [1.29, 1.82) is 0 Å². The zero-order chi connectivity index (χ0) is 25.3. The lowest BCUT2D eigenvalue weighted by molar-refractivity contribution is -0.0820. The van der Waals surface area contributed by atoms with Crippen LogP contribution in [0.15, 0.2) is 66.5 Å². The minimum absolute atomic E-state index is 0.0459. The smallest absolute Gasteiger partial charge is 0.212 e. The molecule has 3 aromatic rings. The summed E-state index contributed by atoms with van der Waals surface area (Å²) in [7, 11) is 0. The molecule has 0 spiro atoms. The van der Waals surface area contributed by atoms with Crippen LogP contribution < -0.4 is 0 Å². The fourth-order valence-corrected chi connectivity index (χ4v) is 4.74. The first-order chi connectivity index (χ1) is 16.5. The number of allylic oxidation sites excluding steroid dienone is 2. The summed E-state index contributed by atoms with van der Waals surface area (Å²) in [6.07, 6.45) is -4.69. The molecule has 0 radical (unpaired) electrons. The number of benzene rings is 3. The maximum atomic E-state index is 15.0. The van der Waals surface area contributed by atoms with Crippen LogP contribution in [0.1, 0.15) is 42.7 Å². The fraction of sp³-hybridized carbons (Fsp3) is 0.286. The first-order valence-electron chi connectivity index (χ1n) is 11.3. The van der Waals surface area contributed by atoms with E-state index in [1.165, 1.54) is 12.1 Å². The predicted molar refractivity (Wildman–Crippen MR) is 122 cm³/mol. The zero-order valence-electron chi connectivity index (χ0n) is 18.9. The highest BCUT2D eigenvalue weighted by molar-refractivity contribution is 5.71. The lowest BCUT2D eigenvalue weighted by atomic mass is 9.77. The Kier molecular flexibility index (Phi) is 7.06. The number of halogens is 7. The quantitative estimate of drug-likeness (QED) is 0.318. The van der Waals surface area contributed by atoms with Gasteiger partial charge in [-0.3, -0.25) is 0 Å². The zero-order valence-corrected chi connectivity index (χ0v) is 18.9. The maximum absolute atomic E-state index is 15.0. The van der Waals surface area contributed by atoms with E-state index in [-0.39, 0.29) is 48.4 Å². The predicted octanol–water partition coefficient (Wildman–Crippen LogP) is 9.44. The lowest BCUT2D eigenvalue weighted by Crippen LogP contribution is -2.17. The maximum Gasteiger partial charge on any atom is 0.412 e. The minimum atomic E-state index is -4.75. The largest absolute Gasteiger partial charge is 0.412 e. The van der Waals surface area contributed by atoms with Crippen molar-refractivity contribution in [2.45, 2.75) is 44.7 Å². The third kappa shape index (κ3) is 5.77. The van der Waals surface area contributed by atoms with Crippen LogP contribution in [0.3, 0.4) is 0 Å². The van der Waals surface area contributed by atoms with E-state index in [1.807, 2.05) is 31.2 Å². The second-order valence-corrected chi connectivity index (χ2v) is 9.03. The van der Waals surface area contributed by atoms with Gasteiger partial charge < -0.3 is 0 Å². The molecule has 7 heteroatoms. The molecule has 0 nitrogen and oxygen atoms in total. The van der Waals surface area contributed by atoms with Crippen molar-refractivity contribution in [1.82, 2.24) is 0 Å². The van der Waals surface area contributed by atoms with Crippen LogP contribution in [-0.4, -0.2) is 6.18 Å². The summed E-state index contributed by atoms with van der Waals surface area (Å²) in [5.41, 5.74) is 2.41. The first kappa shape index (κ1) is 25.0. The fourth-order valence-electron chi connectivity index (χ4n) is 4.74. The minimum Gasteiger partial charge on any atom is -0.212 e. The molecule has 0 N–H and O–H groups in total. The second-order valence-electron chi connectivity index (χ2n) is 9.03. The molecule has 35 heavy (non-hydrogen) atoms. The Morgan fingerprint density at radius 1 is 0.743 bits per heavy atom. The Morgan fingerprint density at radius 2 is 1.29 bits per heavy atom. The Hall–Kier alpha value is -3.09. The van der Waals surface area contributed by atoms with E-state index in [0.29, 0.717) is 5.56 Å². The average molecular weight is 492 g/mol. The average Bonchev–Trinajstić information content (AvgIpc) is 2.78. The first-order valence-corrected chi connectivity index (χ1v) is 11.3. The Bertz CT molecular complexity index is 1210. The summed E-state index contributed by atoms with van der Waals surface area (Å²) >= 11 is 0. The highest BCUT2D eigenvalue weighted by atomic mass is 19.4. The van der Waals surface area contributed by atoms with Crippen molar-refractivity contribution in [2.24, 2.45) is 5.92 Å². The molecule has 0 amide bonds. The van der Waals surface area contributed by atoms with Gasteiger partial charge in [-0.15, -0.1) is 0 Å². The van der Waals surface area contributed by atoms with E-state index in [4.69, 9.17) is 0 Å².